The Morgan fingerprint density at radius 3 is 2.26 bits per heavy atom. The first kappa shape index (κ1) is 13.3. The van der Waals surface area contributed by atoms with E-state index in [1.807, 2.05) is 18.2 Å². The van der Waals surface area contributed by atoms with E-state index in [-0.39, 0.29) is 5.97 Å². The van der Waals surface area contributed by atoms with Gasteiger partial charge in [0, 0.05) is 6.92 Å². The van der Waals surface area contributed by atoms with E-state index < -0.39 is 0 Å². The lowest BCUT2D eigenvalue weighted by Crippen LogP contribution is -1.99. The van der Waals surface area contributed by atoms with Gasteiger partial charge in [0.2, 0.25) is 0 Å². The first-order valence-electron chi connectivity index (χ1n) is 6.49. The molecule has 2 rings (SSSR count). The first-order chi connectivity index (χ1) is 9.24. The van der Waals surface area contributed by atoms with Gasteiger partial charge in [0.1, 0.15) is 6.61 Å². The van der Waals surface area contributed by atoms with Crippen LogP contribution >= 0.6 is 0 Å². The lowest BCUT2D eigenvalue weighted by molar-refractivity contribution is -0.142. The second-order valence-electron chi connectivity index (χ2n) is 4.59. The molecule has 2 nitrogen and oxygen atoms in total. The molecule has 2 aromatic rings. The zero-order valence-corrected chi connectivity index (χ0v) is 11.1. The van der Waals surface area contributed by atoms with Crippen LogP contribution in [-0.2, 0) is 29.0 Å². The third-order valence-corrected chi connectivity index (χ3v) is 2.98. The fourth-order valence-electron chi connectivity index (χ4n) is 1.99. The number of carbonyl (C=O) groups excluding carboxylic acids is 1. The summed E-state index contributed by atoms with van der Waals surface area (Å²) in [7, 11) is 0. The lowest BCUT2D eigenvalue weighted by atomic mass is 10.0. The molecule has 98 valence electrons. The minimum atomic E-state index is -0.241. The van der Waals surface area contributed by atoms with Gasteiger partial charge in [-0.15, -0.1) is 0 Å². The van der Waals surface area contributed by atoms with Gasteiger partial charge in [-0.05, 0) is 29.5 Å². The Kier molecular flexibility index (Phi) is 4.73. The molecule has 0 fully saturated rings. The number of rotatable bonds is 5. The molecule has 0 aliphatic rings. The maximum absolute atomic E-state index is 10.8. The fourth-order valence-corrected chi connectivity index (χ4v) is 1.99. The summed E-state index contributed by atoms with van der Waals surface area (Å²) >= 11 is 0. The second kappa shape index (κ2) is 6.74. The molecule has 0 aliphatic heterocycles. The Balaban J connectivity index is 1.93. The first-order valence-corrected chi connectivity index (χ1v) is 6.49. The fraction of sp³-hybridized carbons (Fsp3) is 0.235. The molecule has 0 atom stereocenters. The molecule has 0 spiro atoms. The van der Waals surface area contributed by atoms with Gasteiger partial charge in [0.25, 0.3) is 0 Å². The standard InChI is InChI=1S/C17H18O2/c1-14(18)19-13-17-9-5-8-16(12-17)11-10-15-6-3-2-4-7-15/h2-9,12H,10-11,13H2,1H3. The summed E-state index contributed by atoms with van der Waals surface area (Å²) in [6.07, 6.45) is 2.02. The van der Waals surface area contributed by atoms with Crippen LogP contribution in [0.15, 0.2) is 54.6 Å². The molecule has 2 aromatic carbocycles. The molecule has 0 bridgehead atoms. The molecule has 0 aliphatic carbocycles. The van der Waals surface area contributed by atoms with Gasteiger partial charge in [-0.3, -0.25) is 4.79 Å². The van der Waals surface area contributed by atoms with Crippen molar-refractivity contribution in [2.24, 2.45) is 0 Å². The van der Waals surface area contributed by atoms with E-state index in [9.17, 15) is 4.79 Å². The van der Waals surface area contributed by atoms with Crippen LogP contribution in [0.4, 0.5) is 0 Å². The van der Waals surface area contributed by atoms with Crippen LogP contribution in [0.3, 0.4) is 0 Å². The van der Waals surface area contributed by atoms with E-state index in [1.165, 1.54) is 18.1 Å². The van der Waals surface area contributed by atoms with Crippen molar-refractivity contribution < 1.29 is 9.53 Å². The number of hydrogen-bond acceptors (Lipinski definition) is 2. The van der Waals surface area contributed by atoms with Crippen LogP contribution < -0.4 is 0 Å². The van der Waals surface area contributed by atoms with Crippen molar-refractivity contribution in [1.29, 1.82) is 0 Å². The van der Waals surface area contributed by atoms with Crippen molar-refractivity contribution in [3.8, 4) is 0 Å². The van der Waals surface area contributed by atoms with E-state index in [0.29, 0.717) is 6.61 Å². The largest absolute Gasteiger partial charge is 0.461 e. The zero-order valence-electron chi connectivity index (χ0n) is 11.1. The number of carbonyl (C=O) groups is 1. The van der Waals surface area contributed by atoms with Crippen molar-refractivity contribution in [3.63, 3.8) is 0 Å². The molecule has 0 saturated heterocycles. The van der Waals surface area contributed by atoms with E-state index in [2.05, 4.69) is 36.4 Å². The predicted molar refractivity (Wildman–Crippen MR) is 75.8 cm³/mol. The van der Waals surface area contributed by atoms with Crippen molar-refractivity contribution in [2.45, 2.75) is 26.4 Å². The Morgan fingerprint density at radius 2 is 1.53 bits per heavy atom. The van der Waals surface area contributed by atoms with Crippen LogP contribution in [-0.4, -0.2) is 5.97 Å². The summed E-state index contributed by atoms with van der Waals surface area (Å²) in [5.41, 5.74) is 3.65. The molecule has 0 aromatic heterocycles. The summed E-state index contributed by atoms with van der Waals surface area (Å²) in [6, 6.07) is 18.6. The molecule has 19 heavy (non-hydrogen) atoms. The van der Waals surface area contributed by atoms with Gasteiger partial charge in [0.15, 0.2) is 0 Å². The summed E-state index contributed by atoms with van der Waals surface area (Å²) in [5, 5.41) is 0. The van der Waals surface area contributed by atoms with Gasteiger partial charge in [-0.2, -0.15) is 0 Å². The van der Waals surface area contributed by atoms with Crippen molar-refractivity contribution in [2.75, 3.05) is 0 Å². The van der Waals surface area contributed by atoms with Crippen molar-refractivity contribution >= 4 is 5.97 Å². The van der Waals surface area contributed by atoms with Gasteiger partial charge >= 0.3 is 5.97 Å². The molecular formula is C17H18O2. The maximum atomic E-state index is 10.8. The average molecular weight is 254 g/mol. The van der Waals surface area contributed by atoms with Crippen molar-refractivity contribution in [1.82, 2.24) is 0 Å². The summed E-state index contributed by atoms with van der Waals surface area (Å²) in [5.74, 6) is -0.241. The lowest BCUT2D eigenvalue weighted by Gasteiger charge is -2.06. The number of benzene rings is 2. The molecule has 0 radical (unpaired) electrons. The van der Waals surface area contributed by atoms with Gasteiger partial charge in [-0.25, -0.2) is 0 Å². The Bertz CT molecular complexity index is 532. The monoisotopic (exact) mass is 254 g/mol. The Morgan fingerprint density at radius 1 is 0.895 bits per heavy atom. The summed E-state index contributed by atoms with van der Waals surface area (Å²) in [6.45, 7) is 1.79. The number of hydrogen-bond donors (Lipinski definition) is 0. The Hall–Kier alpha value is -2.09. The average Bonchev–Trinajstić information content (AvgIpc) is 2.44. The van der Waals surface area contributed by atoms with E-state index in [0.717, 1.165) is 18.4 Å². The van der Waals surface area contributed by atoms with Crippen LogP contribution in [0.2, 0.25) is 0 Å². The van der Waals surface area contributed by atoms with E-state index >= 15 is 0 Å². The smallest absolute Gasteiger partial charge is 0.302 e. The van der Waals surface area contributed by atoms with Crippen LogP contribution in [0.25, 0.3) is 0 Å². The number of aryl methyl sites for hydroxylation is 2. The van der Waals surface area contributed by atoms with Gasteiger partial charge < -0.3 is 4.74 Å². The van der Waals surface area contributed by atoms with Crippen LogP contribution in [0.1, 0.15) is 23.6 Å². The van der Waals surface area contributed by atoms with Crippen molar-refractivity contribution in [3.05, 3.63) is 71.3 Å². The normalized spacial score (nSPS) is 10.2. The highest BCUT2D eigenvalue weighted by molar-refractivity contribution is 5.65. The van der Waals surface area contributed by atoms with E-state index in [1.54, 1.807) is 0 Å². The molecule has 0 heterocycles. The van der Waals surface area contributed by atoms with Gasteiger partial charge in [-0.1, -0.05) is 54.6 Å². The molecule has 0 amide bonds. The Labute approximate surface area is 114 Å². The molecule has 0 saturated carbocycles. The maximum Gasteiger partial charge on any atom is 0.302 e. The summed E-state index contributed by atoms with van der Waals surface area (Å²) in [4.78, 5) is 10.8. The highest BCUT2D eigenvalue weighted by Crippen LogP contribution is 2.10. The molecule has 0 unspecified atom stereocenters. The minimum absolute atomic E-state index is 0.241. The third kappa shape index (κ3) is 4.59. The van der Waals surface area contributed by atoms with Crippen LogP contribution in [0.5, 0.6) is 0 Å². The second-order valence-corrected chi connectivity index (χ2v) is 4.59. The summed E-state index contributed by atoms with van der Waals surface area (Å²) < 4.78 is 5.01. The third-order valence-electron chi connectivity index (χ3n) is 2.98. The number of ether oxygens (including phenoxy) is 1. The molecule has 0 N–H and O–H groups in total. The molecule has 2 heteroatoms. The van der Waals surface area contributed by atoms with Gasteiger partial charge in [0.05, 0.1) is 0 Å². The predicted octanol–water partition coefficient (Wildman–Crippen LogP) is 3.53. The minimum Gasteiger partial charge on any atom is -0.461 e. The SMILES string of the molecule is CC(=O)OCc1cccc(CCc2ccccc2)c1. The van der Waals surface area contributed by atoms with Crippen LogP contribution in [0, 0.1) is 0 Å². The van der Waals surface area contributed by atoms with E-state index in [4.69, 9.17) is 4.74 Å². The highest BCUT2D eigenvalue weighted by Gasteiger charge is 1.99. The number of esters is 1. The topological polar surface area (TPSA) is 26.3 Å². The zero-order chi connectivity index (χ0) is 13.5. The highest BCUT2D eigenvalue weighted by atomic mass is 16.5. The molecular weight excluding hydrogens is 236 g/mol. The quantitative estimate of drug-likeness (QED) is 0.763.